The fourth-order valence-electron chi connectivity index (χ4n) is 1.88. The number of nitriles is 1. The van der Waals surface area contributed by atoms with Gasteiger partial charge in [-0.15, -0.1) is 11.3 Å². The van der Waals surface area contributed by atoms with Gasteiger partial charge in [0, 0.05) is 20.7 Å². The van der Waals surface area contributed by atoms with E-state index in [0.717, 1.165) is 9.10 Å². The molecule has 3 aromatic rings. The van der Waals surface area contributed by atoms with Crippen LogP contribution in [0.2, 0.25) is 0 Å². The molecule has 0 fully saturated rings. The van der Waals surface area contributed by atoms with Gasteiger partial charge in [0.25, 0.3) is 5.91 Å². The van der Waals surface area contributed by atoms with Gasteiger partial charge in [0.1, 0.15) is 0 Å². The third kappa shape index (κ3) is 4.42. The molecule has 118 valence electrons. The van der Waals surface area contributed by atoms with Crippen LogP contribution in [0.1, 0.15) is 15.9 Å². The van der Waals surface area contributed by atoms with Gasteiger partial charge in [-0.05, 0) is 54.4 Å². The topological polar surface area (TPSA) is 52.9 Å². The first-order chi connectivity index (χ1) is 11.7. The van der Waals surface area contributed by atoms with Crippen LogP contribution in [0.3, 0.4) is 0 Å². The summed E-state index contributed by atoms with van der Waals surface area (Å²) < 4.78 is 3.85. The lowest BCUT2D eigenvalue weighted by Gasteiger charge is -2.02. The van der Waals surface area contributed by atoms with Crippen LogP contribution in [0.5, 0.6) is 0 Å². The lowest BCUT2D eigenvalue weighted by molar-refractivity contribution is 0.0984. The van der Waals surface area contributed by atoms with Crippen molar-refractivity contribution < 1.29 is 4.79 Å². The van der Waals surface area contributed by atoms with Crippen molar-refractivity contribution in [2.45, 2.75) is 14.0 Å². The highest BCUT2D eigenvalue weighted by Crippen LogP contribution is 2.34. The summed E-state index contributed by atoms with van der Waals surface area (Å²) in [5.74, 6) is -0.171. The quantitative estimate of drug-likeness (QED) is 0.628. The molecule has 0 radical (unpaired) electrons. The molecular formula is C18H12N2OS3. The van der Waals surface area contributed by atoms with Gasteiger partial charge in [-0.25, -0.2) is 0 Å². The summed E-state index contributed by atoms with van der Waals surface area (Å²) >= 11 is 4.60. The molecule has 0 aliphatic carbocycles. The van der Waals surface area contributed by atoms with Gasteiger partial charge in [0.05, 0.1) is 15.8 Å². The van der Waals surface area contributed by atoms with E-state index in [1.807, 2.05) is 24.3 Å². The third-order valence-electron chi connectivity index (χ3n) is 3.05. The molecule has 0 bridgehead atoms. The van der Waals surface area contributed by atoms with Crippen molar-refractivity contribution in [3.8, 4) is 6.07 Å². The minimum atomic E-state index is -0.171. The predicted molar refractivity (Wildman–Crippen MR) is 99.4 cm³/mol. The van der Waals surface area contributed by atoms with Crippen molar-refractivity contribution in [3.05, 3.63) is 77.2 Å². The zero-order valence-corrected chi connectivity index (χ0v) is 14.9. The van der Waals surface area contributed by atoms with E-state index in [0.29, 0.717) is 11.1 Å². The standard InChI is InChI=1S/C18H12N2OS3/c19-11-13-6-8-14(9-7-13)18(21)20-24-17-10-16(12-22-17)23-15-4-2-1-3-5-15/h1-10,12H,(H,20,21). The summed E-state index contributed by atoms with van der Waals surface area (Å²) in [4.78, 5) is 14.4. The summed E-state index contributed by atoms with van der Waals surface area (Å²) in [6.07, 6.45) is 0. The van der Waals surface area contributed by atoms with Crippen molar-refractivity contribution in [1.29, 1.82) is 5.26 Å². The second-order valence-corrected chi connectivity index (χ2v) is 7.90. The molecule has 1 amide bonds. The van der Waals surface area contributed by atoms with Gasteiger partial charge >= 0.3 is 0 Å². The minimum absolute atomic E-state index is 0.171. The van der Waals surface area contributed by atoms with Crippen LogP contribution < -0.4 is 4.72 Å². The van der Waals surface area contributed by atoms with Crippen molar-refractivity contribution in [2.24, 2.45) is 0 Å². The molecule has 1 heterocycles. The molecule has 3 nitrogen and oxygen atoms in total. The summed E-state index contributed by atoms with van der Waals surface area (Å²) in [6.45, 7) is 0. The number of carbonyl (C=O) groups is 1. The Labute approximate surface area is 152 Å². The van der Waals surface area contributed by atoms with Crippen LogP contribution in [0, 0.1) is 11.3 Å². The summed E-state index contributed by atoms with van der Waals surface area (Å²) in [5.41, 5.74) is 1.08. The van der Waals surface area contributed by atoms with E-state index in [-0.39, 0.29) is 5.91 Å². The maximum Gasteiger partial charge on any atom is 0.261 e. The lowest BCUT2D eigenvalue weighted by atomic mass is 10.1. The van der Waals surface area contributed by atoms with Gasteiger partial charge in [0.2, 0.25) is 0 Å². The number of nitrogens with one attached hydrogen (secondary N) is 1. The molecule has 3 rings (SSSR count). The molecule has 0 unspecified atom stereocenters. The number of thiophene rings is 1. The minimum Gasteiger partial charge on any atom is -0.291 e. The molecule has 6 heteroatoms. The van der Waals surface area contributed by atoms with Crippen molar-refractivity contribution in [2.75, 3.05) is 0 Å². The Hall–Kier alpha value is -2.20. The fourth-order valence-corrected chi connectivity index (χ4v) is 4.57. The molecule has 1 aromatic heterocycles. The van der Waals surface area contributed by atoms with Gasteiger partial charge in [0.15, 0.2) is 0 Å². The number of rotatable bonds is 5. The summed E-state index contributed by atoms with van der Waals surface area (Å²) in [7, 11) is 0. The average Bonchev–Trinajstić information content (AvgIpc) is 3.08. The van der Waals surface area contributed by atoms with Crippen LogP contribution in [0.25, 0.3) is 0 Å². The third-order valence-corrected chi connectivity index (χ3v) is 6.05. The maximum atomic E-state index is 12.1. The Balaban J connectivity index is 1.57. The molecule has 0 atom stereocenters. The van der Waals surface area contributed by atoms with E-state index in [2.05, 4.69) is 28.3 Å². The Morgan fingerprint density at radius 3 is 2.50 bits per heavy atom. The Morgan fingerprint density at radius 2 is 1.79 bits per heavy atom. The summed E-state index contributed by atoms with van der Waals surface area (Å²) in [6, 6.07) is 20.9. The molecule has 0 aliphatic rings. The van der Waals surface area contributed by atoms with Crippen molar-refractivity contribution in [3.63, 3.8) is 0 Å². The highest BCUT2D eigenvalue weighted by atomic mass is 32.2. The smallest absolute Gasteiger partial charge is 0.261 e. The SMILES string of the molecule is N#Cc1ccc(C(=O)NSc2cc(Sc3ccccc3)cs2)cc1. The van der Waals surface area contributed by atoms with E-state index >= 15 is 0 Å². The molecule has 1 N–H and O–H groups in total. The van der Waals surface area contributed by atoms with E-state index in [1.165, 1.54) is 16.8 Å². The molecule has 0 spiro atoms. The van der Waals surface area contributed by atoms with E-state index in [9.17, 15) is 4.79 Å². The van der Waals surface area contributed by atoms with Crippen molar-refractivity contribution in [1.82, 2.24) is 4.72 Å². The number of benzene rings is 2. The zero-order chi connectivity index (χ0) is 16.8. The molecule has 0 aliphatic heterocycles. The molecule has 2 aromatic carbocycles. The van der Waals surface area contributed by atoms with Crippen LogP contribution in [0.15, 0.2) is 80.0 Å². The first-order valence-corrected chi connectivity index (χ1v) is 9.54. The largest absolute Gasteiger partial charge is 0.291 e. The predicted octanol–water partition coefficient (Wildman–Crippen LogP) is 5.21. The molecule has 0 saturated carbocycles. The first-order valence-electron chi connectivity index (χ1n) is 7.03. The van der Waals surface area contributed by atoms with Gasteiger partial charge in [-0.2, -0.15) is 5.26 Å². The zero-order valence-electron chi connectivity index (χ0n) is 12.4. The van der Waals surface area contributed by atoms with E-state index in [4.69, 9.17) is 5.26 Å². The van der Waals surface area contributed by atoms with Crippen LogP contribution in [-0.4, -0.2) is 5.91 Å². The molecule has 0 saturated heterocycles. The monoisotopic (exact) mass is 368 g/mol. The van der Waals surface area contributed by atoms with Crippen LogP contribution in [0.4, 0.5) is 0 Å². The molecular weight excluding hydrogens is 356 g/mol. The van der Waals surface area contributed by atoms with Gasteiger partial charge in [-0.3, -0.25) is 9.52 Å². The van der Waals surface area contributed by atoms with Crippen molar-refractivity contribution >= 4 is 41.0 Å². The van der Waals surface area contributed by atoms with Gasteiger partial charge in [-0.1, -0.05) is 30.0 Å². The first kappa shape index (κ1) is 16.7. The number of nitrogens with zero attached hydrogens (tertiary/aromatic N) is 1. The summed E-state index contributed by atoms with van der Waals surface area (Å²) in [5, 5.41) is 10.8. The maximum absolute atomic E-state index is 12.1. The highest BCUT2D eigenvalue weighted by Gasteiger charge is 2.08. The second-order valence-electron chi connectivity index (χ2n) is 4.74. The highest BCUT2D eigenvalue weighted by molar-refractivity contribution is 8.00. The van der Waals surface area contributed by atoms with E-state index in [1.54, 1.807) is 47.4 Å². The number of hydrogen-bond acceptors (Lipinski definition) is 5. The lowest BCUT2D eigenvalue weighted by Crippen LogP contribution is -2.15. The Bertz CT molecular complexity index is 867. The van der Waals surface area contributed by atoms with Gasteiger partial charge < -0.3 is 0 Å². The fraction of sp³-hybridized carbons (Fsp3) is 0. The van der Waals surface area contributed by atoms with Crippen LogP contribution >= 0.6 is 35.0 Å². The molecule has 24 heavy (non-hydrogen) atoms. The Morgan fingerprint density at radius 1 is 1.04 bits per heavy atom. The Kier molecular flexibility index (Phi) is 5.59. The van der Waals surface area contributed by atoms with E-state index < -0.39 is 0 Å². The van der Waals surface area contributed by atoms with Crippen LogP contribution in [-0.2, 0) is 0 Å². The number of hydrogen-bond donors (Lipinski definition) is 1. The second kappa shape index (κ2) is 8.06. The number of amides is 1. The average molecular weight is 369 g/mol. The normalized spacial score (nSPS) is 10.1. The number of carbonyl (C=O) groups excluding carboxylic acids is 1.